The lowest BCUT2D eigenvalue weighted by atomic mass is 10.1. The Labute approximate surface area is 171 Å². The van der Waals surface area contributed by atoms with Crippen molar-refractivity contribution in [2.45, 2.75) is 51.4 Å². The van der Waals surface area contributed by atoms with Crippen LogP contribution in [0.3, 0.4) is 0 Å². The number of aromatic nitrogens is 2. The highest BCUT2D eigenvalue weighted by atomic mass is 32.2. The molecule has 0 spiro atoms. The first-order valence-corrected chi connectivity index (χ1v) is 10.0. The molecule has 1 fully saturated rings. The third-order valence-corrected chi connectivity index (χ3v) is 5.45. The molecule has 2 aromatic rings. The highest BCUT2D eigenvalue weighted by Crippen LogP contribution is 2.35. The molecule has 0 unspecified atom stereocenters. The van der Waals surface area contributed by atoms with Crippen LogP contribution in [0, 0.1) is 6.92 Å². The number of rotatable bonds is 5. The largest absolute Gasteiger partial charge is 0.472 e. The van der Waals surface area contributed by atoms with Crippen LogP contribution in [-0.4, -0.2) is 56.8 Å². The predicted octanol–water partition coefficient (Wildman–Crippen LogP) is 1.89. The fourth-order valence-corrected chi connectivity index (χ4v) is 4.34. The highest BCUT2D eigenvalue weighted by Gasteiger charge is 2.47. The topological polar surface area (TPSA) is 105 Å². The summed E-state index contributed by atoms with van der Waals surface area (Å²) in [6.07, 6.45) is 0.845. The molecule has 1 saturated heterocycles. The van der Waals surface area contributed by atoms with Gasteiger partial charge in [-0.15, -0.1) is 11.8 Å². The van der Waals surface area contributed by atoms with E-state index in [0.29, 0.717) is 17.1 Å². The lowest BCUT2D eigenvalue weighted by molar-refractivity contribution is -0.186. The van der Waals surface area contributed by atoms with E-state index in [1.54, 1.807) is 12.3 Å². The van der Waals surface area contributed by atoms with Crippen molar-refractivity contribution in [1.82, 2.24) is 9.38 Å². The first-order chi connectivity index (χ1) is 13.8. The number of esters is 3. The summed E-state index contributed by atoms with van der Waals surface area (Å²) in [5.41, 5.74) is 0.850. The van der Waals surface area contributed by atoms with E-state index in [-0.39, 0.29) is 0 Å². The third-order valence-electron chi connectivity index (χ3n) is 4.23. The Hall–Kier alpha value is -2.75. The number of pyridine rings is 1. The summed E-state index contributed by atoms with van der Waals surface area (Å²) in [6, 6.07) is 3.57. The van der Waals surface area contributed by atoms with Crippen molar-refractivity contribution in [3.8, 4) is 5.75 Å². The van der Waals surface area contributed by atoms with Gasteiger partial charge in [0.1, 0.15) is 0 Å². The van der Waals surface area contributed by atoms with Gasteiger partial charge in [0.05, 0.1) is 0 Å². The van der Waals surface area contributed by atoms with Crippen molar-refractivity contribution in [3.63, 3.8) is 0 Å². The van der Waals surface area contributed by atoms with E-state index in [2.05, 4.69) is 4.98 Å². The monoisotopic (exact) mass is 422 g/mol. The standard InChI is InChI=1S/C19H22N2O7S/c1-10-8-20-18-14(6-5-7-21(10)18)28-19-17(27-13(4)24)16(26-12(3)23)15(9-29-19)25-11(2)22/h5-8,15-17,19H,9H2,1-4H3/t15-,16+,17-,19-/m1/s1. The van der Waals surface area contributed by atoms with Crippen molar-refractivity contribution >= 4 is 35.3 Å². The second-order valence-corrected chi connectivity index (χ2v) is 7.71. The number of ether oxygens (including phenoxy) is 4. The minimum atomic E-state index is -0.993. The van der Waals surface area contributed by atoms with Crippen molar-refractivity contribution in [1.29, 1.82) is 0 Å². The number of nitrogens with zero attached hydrogens (tertiary/aromatic N) is 2. The molecule has 10 heteroatoms. The number of thioether (sulfide) groups is 1. The summed E-state index contributed by atoms with van der Waals surface area (Å²) >= 11 is 1.30. The fourth-order valence-electron chi connectivity index (χ4n) is 3.13. The number of aryl methyl sites for hydroxylation is 1. The molecule has 0 saturated carbocycles. The van der Waals surface area contributed by atoms with Gasteiger partial charge in [0, 0.05) is 44.6 Å². The van der Waals surface area contributed by atoms with E-state index in [1.807, 2.05) is 23.6 Å². The maximum Gasteiger partial charge on any atom is 0.303 e. The molecule has 0 aliphatic carbocycles. The number of fused-ring (bicyclic) bond motifs is 1. The molecule has 0 N–H and O–H groups in total. The zero-order chi connectivity index (χ0) is 21.1. The van der Waals surface area contributed by atoms with Gasteiger partial charge in [-0.1, -0.05) is 0 Å². The second-order valence-electron chi connectivity index (χ2n) is 6.58. The maximum absolute atomic E-state index is 11.7. The summed E-state index contributed by atoms with van der Waals surface area (Å²) in [6.45, 7) is 5.67. The van der Waals surface area contributed by atoms with Gasteiger partial charge in [0.15, 0.2) is 35.1 Å². The zero-order valence-corrected chi connectivity index (χ0v) is 17.3. The van der Waals surface area contributed by atoms with Crippen LogP contribution in [0.5, 0.6) is 5.75 Å². The lowest BCUT2D eigenvalue weighted by Gasteiger charge is -2.39. The number of hydrogen-bond acceptors (Lipinski definition) is 9. The van der Waals surface area contributed by atoms with E-state index in [0.717, 1.165) is 5.69 Å². The van der Waals surface area contributed by atoms with Crippen molar-refractivity contribution in [2.75, 3.05) is 5.75 Å². The molecule has 3 rings (SSSR count). The Balaban J connectivity index is 1.92. The molecule has 1 aliphatic heterocycles. The van der Waals surface area contributed by atoms with Gasteiger partial charge in [-0.2, -0.15) is 0 Å². The number of carbonyl (C=O) groups is 3. The zero-order valence-electron chi connectivity index (χ0n) is 16.5. The number of hydrogen-bond donors (Lipinski definition) is 0. The van der Waals surface area contributed by atoms with Crippen LogP contribution in [0.2, 0.25) is 0 Å². The average Bonchev–Trinajstić information content (AvgIpc) is 3.01. The van der Waals surface area contributed by atoms with Crippen molar-refractivity contribution in [2.24, 2.45) is 0 Å². The normalized spacial score (nSPS) is 24.0. The van der Waals surface area contributed by atoms with Gasteiger partial charge >= 0.3 is 17.9 Å². The Kier molecular flexibility index (Phi) is 6.31. The molecule has 9 nitrogen and oxygen atoms in total. The summed E-state index contributed by atoms with van der Waals surface area (Å²) in [7, 11) is 0. The molecule has 0 amide bonds. The van der Waals surface area contributed by atoms with Crippen LogP contribution >= 0.6 is 11.8 Å². The summed E-state index contributed by atoms with van der Waals surface area (Å²) < 4.78 is 24.1. The quantitative estimate of drug-likeness (QED) is 0.527. The van der Waals surface area contributed by atoms with Crippen molar-refractivity contribution < 1.29 is 33.3 Å². The molecule has 4 atom stereocenters. The molecular weight excluding hydrogens is 400 g/mol. The van der Waals surface area contributed by atoms with Gasteiger partial charge in [-0.05, 0) is 19.1 Å². The van der Waals surface area contributed by atoms with E-state index in [1.165, 1.54) is 32.5 Å². The molecule has 0 aromatic carbocycles. The van der Waals surface area contributed by atoms with E-state index >= 15 is 0 Å². The van der Waals surface area contributed by atoms with Gasteiger partial charge in [-0.25, -0.2) is 4.98 Å². The smallest absolute Gasteiger partial charge is 0.303 e. The molecule has 2 aromatic heterocycles. The fraction of sp³-hybridized carbons (Fsp3) is 0.474. The van der Waals surface area contributed by atoms with Crippen LogP contribution in [0.1, 0.15) is 26.5 Å². The Morgan fingerprint density at radius 2 is 1.72 bits per heavy atom. The Morgan fingerprint density at radius 1 is 1.07 bits per heavy atom. The average molecular weight is 422 g/mol. The first kappa shape index (κ1) is 21.0. The highest BCUT2D eigenvalue weighted by molar-refractivity contribution is 7.99. The molecule has 0 radical (unpaired) electrons. The SMILES string of the molecule is CC(=O)O[C@@H]1[C@@H](OC(C)=O)[C@H](OC(C)=O)CS[C@H]1Oc1cccn2c(C)cnc12. The molecule has 1 aliphatic rings. The Bertz CT molecular complexity index is 928. The summed E-state index contributed by atoms with van der Waals surface area (Å²) in [5.74, 6) is -0.883. The predicted molar refractivity (Wildman–Crippen MR) is 103 cm³/mol. The number of imidazole rings is 1. The van der Waals surface area contributed by atoms with E-state index < -0.39 is 41.7 Å². The van der Waals surface area contributed by atoms with Crippen LogP contribution in [0.15, 0.2) is 24.5 Å². The summed E-state index contributed by atoms with van der Waals surface area (Å²) in [4.78, 5) is 39.2. The molecular formula is C19H22N2O7S. The van der Waals surface area contributed by atoms with Crippen LogP contribution in [0.25, 0.3) is 5.65 Å². The van der Waals surface area contributed by atoms with Gasteiger partial charge in [0.25, 0.3) is 0 Å². The van der Waals surface area contributed by atoms with E-state index in [9.17, 15) is 14.4 Å². The molecule has 156 valence electrons. The van der Waals surface area contributed by atoms with Crippen molar-refractivity contribution in [3.05, 3.63) is 30.2 Å². The molecule has 29 heavy (non-hydrogen) atoms. The van der Waals surface area contributed by atoms with Gasteiger partial charge < -0.3 is 23.3 Å². The van der Waals surface area contributed by atoms with Crippen LogP contribution < -0.4 is 4.74 Å². The molecule has 3 heterocycles. The minimum absolute atomic E-state index is 0.302. The minimum Gasteiger partial charge on any atom is -0.472 e. The van der Waals surface area contributed by atoms with Crippen LogP contribution in [0.4, 0.5) is 0 Å². The second kappa shape index (κ2) is 8.73. The maximum atomic E-state index is 11.7. The summed E-state index contributed by atoms with van der Waals surface area (Å²) in [5, 5.41) is 0. The van der Waals surface area contributed by atoms with Gasteiger partial charge in [-0.3, -0.25) is 14.4 Å². The number of carbonyl (C=O) groups excluding carboxylic acids is 3. The lowest BCUT2D eigenvalue weighted by Crippen LogP contribution is -2.55. The third kappa shape index (κ3) is 4.81. The van der Waals surface area contributed by atoms with Crippen LogP contribution in [-0.2, 0) is 28.6 Å². The molecule has 0 bridgehead atoms. The first-order valence-electron chi connectivity index (χ1n) is 8.99. The Morgan fingerprint density at radius 3 is 2.38 bits per heavy atom. The van der Waals surface area contributed by atoms with E-state index in [4.69, 9.17) is 18.9 Å². The van der Waals surface area contributed by atoms with Gasteiger partial charge in [0.2, 0.25) is 0 Å².